The van der Waals surface area contributed by atoms with Gasteiger partial charge in [-0.15, -0.1) is 0 Å². The minimum Gasteiger partial charge on any atom is -0.481 e. The summed E-state index contributed by atoms with van der Waals surface area (Å²) in [5, 5.41) is 20.1. The monoisotopic (exact) mass is 257 g/mol. The number of carboxylic acid groups (broad SMARTS) is 2. The number of hydrogen-bond donors (Lipinski definition) is 3. The van der Waals surface area contributed by atoms with E-state index in [0.717, 1.165) is 0 Å². The van der Waals surface area contributed by atoms with Gasteiger partial charge in [0.05, 0.1) is 11.3 Å². The summed E-state index contributed by atoms with van der Waals surface area (Å²) >= 11 is 0. The van der Waals surface area contributed by atoms with Crippen LogP contribution in [0.4, 0.5) is 0 Å². The van der Waals surface area contributed by atoms with E-state index in [-0.39, 0.29) is 0 Å². The van der Waals surface area contributed by atoms with Crippen LogP contribution in [-0.4, -0.2) is 34.6 Å². The molecule has 0 aromatic rings. The van der Waals surface area contributed by atoms with Crippen LogP contribution in [0.25, 0.3) is 0 Å². The van der Waals surface area contributed by atoms with Crippen molar-refractivity contribution in [2.75, 3.05) is 6.54 Å². The van der Waals surface area contributed by atoms with Crippen molar-refractivity contribution in [3.8, 4) is 0 Å². The molecule has 0 unspecified atom stereocenters. The summed E-state index contributed by atoms with van der Waals surface area (Å²) in [5.74, 6) is -3.00. The maximum absolute atomic E-state index is 12.1. The molecule has 0 saturated heterocycles. The lowest BCUT2D eigenvalue weighted by Crippen LogP contribution is -2.49. The molecule has 1 aliphatic rings. The van der Waals surface area contributed by atoms with Crippen molar-refractivity contribution in [1.82, 2.24) is 5.32 Å². The standard InChI is InChI=1S/C12H19NO5/c1-11(2)7(9(16)17)4-5-12(11,3)10(18)13-6-8(14)15/h7H,4-6H2,1-3H3,(H,13,18)(H,14,15)(H,16,17)/t7-,12+/m0/s1. The SMILES string of the molecule is CC1(C)[C@H](C(=O)O)CC[C@]1(C)C(=O)NCC(=O)O. The quantitative estimate of drug-likeness (QED) is 0.688. The Kier molecular flexibility index (Phi) is 3.69. The molecule has 102 valence electrons. The molecular weight excluding hydrogens is 238 g/mol. The van der Waals surface area contributed by atoms with Gasteiger partial charge in [0.1, 0.15) is 6.54 Å². The fourth-order valence-corrected chi connectivity index (χ4v) is 2.69. The van der Waals surface area contributed by atoms with E-state index in [0.29, 0.717) is 12.8 Å². The van der Waals surface area contributed by atoms with Crippen molar-refractivity contribution in [2.24, 2.45) is 16.7 Å². The van der Waals surface area contributed by atoms with Crippen LogP contribution in [0.3, 0.4) is 0 Å². The third-order valence-electron chi connectivity index (χ3n) is 4.43. The van der Waals surface area contributed by atoms with Crippen LogP contribution in [0.2, 0.25) is 0 Å². The van der Waals surface area contributed by atoms with Crippen molar-refractivity contribution < 1.29 is 24.6 Å². The van der Waals surface area contributed by atoms with Crippen molar-refractivity contribution >= 4 is 17.8 Å². The van der Waals surface area contributed by atoms with Gasteiger partial charge in [-0.25, -0.2) is 0 Å². The highest BCUT2D eigenvalue weighted by atomic mass is 16.4. The van der Waals surface area contributed by atoms with Gasteiger partial charge in [0.2, 0.25) is 5.91 Å². The largest absolute Gasteiger partial charge is 0.481 e. The Morgan fingerprint density at radius 3 is 2.17 bits per heavy atom. The number of carbonyl (C=O) groups is 3. The number of carbonyl (C=O) groups excluding carboxylic acids is 1. The lowest BCUT2D eigenvalue weighted by molar-refractivity contribution is -0.149. The summed E-state index contributed by atoms with van der Waals surface area (Å²) in [6.45, 7) is 4.76. The average molecular weight is 257 g/mol. The van der Waals surface area contributed by atoms with Crippen LogP contribution >= 0.6 is 0 Å². The van der Waals surface area contributed by atoms with Crippen LogP contribution in [-0.2, 0) is 14.4 Å². The van der Waals surface area contributed by atoms with Crippen LogP contribution in [0.5, 0.6) is 0 Å². The minimum absolute atomic E-state index is 0.390. The molecule has 0 aromatic heterocycles. The highest BCUT2D eigenvalue weighted by molar-refractivity contribution is 5.88. The Morgan fingerprint density at radius 2 is 1.78 bits per heavy atom. The van der Waals surface area contributed by atoms with Gasteiger partial charge in [0.15, 0.2) is 0 Å². The Labute approximate surface area is 105 Å². The molecule has 1 fully saturated rings. The third-order valence-corrected chi connectivity index (χ3v) is 4.43. The lowest BCUT2D eigenvalue weighted by atomic mass is 9.65. The second kappa shape index (κ2) is 4.59. The summed E-state index contributed by atoms with van der Waals surface area (Å²) in [6.07, 6.45) is 0.877. The molecule has 0 radical (unpaired) electrons. The molecule has 0 aliphatic heterocycles. The predicted molar refractivity (Wildman–Crippen MR) is 62.9 cm³/mol. The van der Waals surface area contributed by atoms with Crippen molar-refractivity contribution in [3.05, 3.63) is 0 Å². The fraction of sp³-hybridized carbons (Fsp3) is 0.750. The summed E-state index contributed by atoms with van der Waals surface area (Å²) in [5.41, 5.74) is -1.56. The second-order valence-corrected chi connectivity index (χ2v) is 5.56. The van der Waals surface area contributed by atoms with Crippen LogP contribution in [0, 0.1) is 16.7 Å². The molecule has 3 N–H and O–H groups in total. The highest BCUT2D eigenvalue weighted by Crippen LogP contribution is 2.56. The first kappa shape index (κ1) is 14.5. The first-order chi connectivity index (χ1) is 8.13. The Hall–Kier alpha value is -1.59. The molecule has 0 spiro atoms. The first-order valence-corrected chi connectivity index (χ1v) is 5.86. The summed E-state index contributed by atoms with van der Waals surface area (Å²) in [7, 11) is 0. The minimum atomic E-state index is -1.11. The smallest absolute Gasteiger partial charge is 0.322 e. The number of hydrogen-bond acceptors (Lipinski definition) is 3. The molecule has 1 amide bonds. The fourth-order valence-electron chi connectivity index (χ4n) is 2.69. The Balaban J connectivity index is 2.90. The maximum Gasteiger partial charge on any atom is 0.322 e. The molecule has 18 heavy (non-hydrogen) atoms. The molecule has 1 saturated carbocycles. The van der Waals surface area contributed by atoms with Gasteiger partial charge in [-0.1, -0.05) is 20.8 Å². The van der Waals surface area contributed by atoms with Gasteiger partial charge in [-0.2, -0.15) is 0 Å². The van der Waals surface area contributed by atoms with Gasteiger partial charge in [0, 0.05) is 0 Å². The van der Waals surface area contributed by atoms with E-state index in [1.54, 1.807) is 20.8 Å². The first-order valence-electron chi connectivity index (χ1n) is 5.86. The zero-order valence-corrected chi connectivity index (χ0v) is 10.8. The van der Waals surface area contributed by atoms with E-state index in [1.807, 2.05) is 0 Å². The number of nitrogens with one attached hydrogen (secondary N) is 1. The molecule has 0 heterocycles. The zero-order valence-electron chi connectivity index (χ0n) is 10.8. The molecule has 6 nitrogen and oxygen atoms in total. The van der Waals surface area contributed by atoms with Gasteiger partial charge in [0.25, 0.3) is 0 Å². The molecule has 0 bridgehead atoms. The lowest BCUT2D eigenvalue weighted by Gasteiger charge is -2.38. The second-order valence-electron chi connectivity index (χ2n) is 5.56. The normalized spacial score (nSPS) is 29.8. The maximum atomic E-state index is 12.1. The molecular formula is C12H19NO5. The number of amides is 1. The van der Waals surface area contributed by atoms with Gasteiger partial charge >= 0.3 is 11.9 Å². The molecule has 6 heteroatoms. The van der Waals surface area contributed by atoms with E-state index >= 15 is 0 Å². The van der Waals surface area contributed by atoms with E-state index in [1.165, 1.54) is 0 Å². The molecule has 1 aliphatic carbocycles. The molecule has 2 atom stereocenters. The van der Waals surface area contributed by atoms with E-state index in [2.05, 4.69) is 5.32 Å². The van der Waals surface area contributed by atoms with Gasteiger partial charge < -0.3 is 15.5 Å². The molecule has 0 aromatic carbocycles. The molecule has 1 rings (SSSR count). The van der Waals surface area contributed by atoms with E-state index in [4.69, 9.17) is 10.2 Å². The highest BCUT2D eigenvalue weighted by Gasteiger charge is 2.58. The predicted octanol–water partition coefficient (Wildman–Crippen LogP) is 0.714. The van der Waals surface area contributed by atoms with E-state index in [9.17, 15) is 14.4 Å². The average Bonchev–Trinajstić information content (AvgIpc) is 2.47. The van der Waals surface area contributed by atoms with Crippen LogP contribution in [0.15, 0.2) is 0 Å². The third kappa shape index (κ3) is 2.19. The zero-order chi connectivity index (χ0) is 14.1. The Bertz CT molecular complexity index is 390. The summed E-state index contributed by atoms with van der Waals surface area (Å²) in [4.78, 5) is 33.7. The number of aliphatic carboxylic acids is 2. The summed E-state index contributed by atoms with van der Waals surface area (Å²) < 4.78 is 0. The van der Waals surface area contributed by atoms with Gasteiger partial charge in [-0.05, 0) is 18.3 Å². The van der Waals surface area contributed by atoms with Crippen molar-refractivity contribution in [3.63, 3.8) is 0 Å². The van der Waals surface area contributed by atoms with Crippen LogP contribution in [0.1, 0.15) is 33.6 Å². The van der Waals surface area contributed by atoms with E-state index < -0.39 is 41.1 Å². The Morgan fingerprint density at radius 1 is 1.22 bits per heavy atom. The number of rotatable bonds is 4. The van der Waals surface area contributed by atoms with Crippen molar-refractivity contribution in [2.45, 2.75) is 33.6 Å². The summed E-state index contributed by atoms with van der Waals surface area (Å²) in [6, 6.07) is 0. The topological polar surface area (TPSA) is 104 Å². The van der Waals surface area contributed by atoms with Crippen LogP contribution < -0.4 is 5.32 Å². The van der Waals surface area contributed by atoms with Gasteiger partial charge in [-0.3, -0.25) is 14.4 Å². The number of carboxylic acids is 2. The van der Waals surface area contributed by atoms with Crippen molar-refractivity contribution in [1.29, 1.82) is 0 Å².